The lowest BCUT2D eigenvalue weighted by Gasteiger charge is -2.17. The monoisotopic (exact) mass is 194 g/mol. The van der Waals surface area contributed by atoms with E-state index >= 15 is 0 Å². The summed E-state index contributed by atoms with van der Waals surface area (Å²) in [5, 5.41) is 11.3. The number of nitrogens with one attached hydrogen (secondary N) is 1. The molecule has 78 valence electrons. The van der Waals surface area contributed by atoms with Crippen molar-refractivity contribution in [3.05, 3.63) is 17.8 Å². The van der Waals surface area contributed by atoms with E-state index in [1.165, 1.54) is 0 Å². The topological polar surface area (TPSA) is 41.0 Å². The second-order valence-electron chi connectivity index (χ2n) is 3.37. The molecule has 14 heavy (non-hydrogen) atoms. The van der Waals surface area contributed by atoms with Gasteiger partial charge in [0.2, 0.25) is 0 Å². The molecule has 0 fully saturated rings. The van der Waals surface area contributed by atoms with Crippen LogP contribution in [-0.4, -0.2) is 36.9 Å². The minimum atomic E-state index is 0.933. The summed E-state index contributed by atoms with van der Waals surface area (Å²) in [5.74, 6) is 0.933. The summed E-state index contributed by atoms with van der Waals surface area (Å²) in [6.07, 6.45) is 1.77. The second-order valence-corrected chi connectivity index (χ2v) is 3.37. The van der Waals surface area contributed by atoms with Gasteiger partial charge in [0.25, 0.3) is 0 Å². The Balaban J connectivity index is 2.47. The van der Waals surface area contributed by atoms with Gasteiger partial charge in [0.15, 0.2) is 5.82 Å². The molecule has 0 saturated heterocycles. The Morgan fingerprint density at radius 2 is 2.29 bits per heavy atom. The van der Waals surface area contributed by atoms with Crippen molar-refractivity contribution in [2.45, 2.75) is 13.8 Å². The van der Waals surface area contributed by atoms with E-state index in [9.17, 15) is 0 Å². The molecule has 4 heteroatoms. The van der Waals surface area contributed by atoms with E-state index in [1.807, 2.05) is 20.0 Å². The Hall–Kier alpha value is -1.16. The van der Waals surface area contributed by atoms with Crippen LogP contribution in [0.25, 0.3) is 0 Å². The van der Waals surface area contributed by atoms with E-state index in [0.29, 0.717) is 0 Å². The fraction of sp³-hybridized carbons (Fsp3) is 0.600. The summed E-state index contributed by atoms with van der Waals surface area (Å²) < 4.78 is 0. The second kappa shape index (κ2) is 5.54. The summed E-state index contributed by atoms with van der Waals surface area (Å²) in [6.45, 7) is 7.06. The summed E-state index contributed by atoms with van der Waals surface area (Å²) in [4.78, 5) is 2.10. The highest BCUT2D eigenvalue weighted by molar-refractivity contribution is 5.37. The van der Waals surface area contributed by atoms with Crippen LogP contribution < -0.4 is 10.2 Å². The van der Waals surface area contributed by atoms with E-state index in [-0.39, 0.29) is 0 Å². The van der Waals surface area contributed by atoms with Crippen LogP contribution in [0.4, 0.5) is 5.82 Å². The third-order valence-corrected chi connectivity index (χ3v) is 2.04. The number of hydrogen-bond acceptors (Lipinski definition) is 4. The maximum atomic E-state index is 4.07. The van der Waals surface area contributed by atoms with Gasteiger partial charge in [0.05, 0.1) is 6.20 Å². The molecule has 0 saturated carbocycles. The van der Waals surface area contributed by atoms with Crippen LogP contribution >= 0.6 is 0 Å². The van der Waals surface area contributed by atoms with Gasteiger partial charge in [0.1, 0.15) is 0 Å². The molecule has 0 spiro atoms. The average molecular weight is 194 g/mol. The van der Waals surface area contributed by atoms with Crippen molar-refractivity contribution in [1.82, 2.24) is 15.5 Å². The fourth-order valence-electron chi connectivity index (χ4n) is 1.17. The van der Waals surface area contributed by atoms with Gasteiger partial charge in [0, 0.05) is 20.1 Å². The van der Waals surface area contributed by atoms with Crippen molar-refractivity contribution < 1.29 is 0 Å². The number of hydrogen-bond donors (Lipinski definition) is 1. The predicted molar refractivity (Wildman–Crippen MR) is 58.6 cm³/mol. The lowest BCUT2D eigenvalue weighted by Crippen LogP contribution is -2.29. The van der Waals surface area contributed by atoms with Crippen LogP contribution in [0.1, 0.15) is 12.5 Å². The first-order chi connectivity index (χ1) is 6.74. The average Bonchev–Trinajstić information content (AvgIpc) is 2.18. The maximum Gasteiger partial charge on any atom is 0.151 e. The summed E-state index contributed by atoms with van der Waals surface area (Å²) in [7, 11) is 2.03. The summed E-state index contributed by atoms with van der Waals surface area (Å²) >= 11 is 0. The van der Waals surface area contributed by atoms with Crippen molar-refractivity contribution >= 4 is 5.82 Å². The number of aromatic nitrogens is 2. The number of rotatable bonds is 5. The van der Waals surface area contributed by atoms with Gasteiger partial charge < -0.3 is 10.2 Å². The quantitative estimate of drug-likeness (QED) is 0.705. The minimum Gasteiger partial charge on any atom is -0.357 e. The van der Waals surface area contributed by atoms with E-state index in [0.717, 1.165) is 31.0 Å². The molecule has 4 nitrogen and oxygen atoms in total. The number of likely N-dealkylation sites (N-methyl/N-ethyl adjacent to an activating group) is 2. The molecule has 1 heterocycles. The van der Waals surface area contributed by atoms with Gasteiger partial charge in [-0.2, -0.15) is 5.10 Å². The van der Waals surface area contributed by atoms with Gasteiger partial charge in [-0.3, -0.25) is 0 Å². The third-order valence-electron chi connectivity index (χ3n) is 2.04. The summed E-state index contributed by atoms with van der Waals surface area (Å²) in [6, 6.07) is 2.04. The van der Waals surface area contributed by atoms with Crippen LogP contribution in [-0.2, 0) is 0 Å². The largest absolute Gasteiger partial charge is 0.357 e. The highest BCUT2D eigenvalue weighted by Gasteiger charge is 2.01. The lowest BCUT2D eigenvalue weighted by molar-refractivity contribution is 0.700. The van der Waals surface area contributed by atoms with Crippen LogP contribution in [0.2, 0.25) is 0 Å². The molecule has 0 aromatic carbocycles. The van der Waals surface area contributed by atoms with Crippen LogP contribution in [0.3, 0.4) is 0 Å². The zero-order chi connectivity index (χ0) is 10.4. The molecule has 0 atom stereocenters. The Labute approximate surface area is 85.3 Å². The van der Waals surface area contributed by atoms with Crippen molar-refractivity contribution in [2.24, 2.45) is 0 Å². The van der Waals surface area contributed by atoms with Gasteiger partial charge in [-0.15, -0.1) is 5.10 Å². The van der Waals surface area contributed by atoms with Gasteiger partial charge in [-0.05, 0) is 25.1 Å². The minimum absolute atomic E-state index is 0.933. The molecule has 0 bridgehead atoms. The molecular weight excluding hydrogens is 176 g/mol. The smallest absolute Gasteiger partial charge is 0.151 e. The number of aryl methyl sites for hydroxylation is 1. The molecule has 1 N–H and O–H groups in total. The van der Waals surface area contributed by atoms with E-state index in [4.69, 9.17) is 0 Å². The van der Waals surface area contributed by atoms with E-state index in [1.54, 1.807) is 6.20 Å². The van der Waals surface area contributed by atoms with E-state index < -0.39 is 0 Å². The van der Waals surface area contributed by atoms with Gasteiger partial charge in [-0.1, -0.05) is 6.92 Å². The van der Waals surface area contributed by atoms with Crippen molar-refractivity contribution in [2.75, 3.05) is 31.6 Å². The van der Waals surface area contributed by atoms with Gasteiger partial charge >= 0.3 is 0 Å². The molecular formula is C10H18N4. The first-order valence-corrected chi connectivity index (χ1v) is 4.95. The van der Waals surface area contributed by atoms with Crippen molar-refractivity contribution in [3.63, 3.8) is 0 Å². The fourth-order valence-corrected chi connectivity index (χ4v) is 1.17. The van der Waals surface area contributed by atoms with Crippen LogP contribution in [0.15, 0.2) is 12.3 Å². The van der Waals surface area contributed by atoms with Crippen molar-refractivity contribution in [3.8, 4) is 0 Å². The zero-order valence-corrected chi connectivity index (χ0v) is 9.12. The summed E-state index contributed by atoms with van der Waals surface area (Å²) in [5.41, 5.74) is 1.14. The Bertz CT molecular complexity index is 275. The lowest BCUT2D eigenvalue weighted by atomic mass is 10.3. The molecule has 1 aromatic rings. The number of anilines is 1. The molecule has 0 aliphatic heterocycles. The predicted octanol–water partition coefficient (Wildman–Crippen LogP) is 0.831. The Morgan fingerprint density at radius 1 is 1.50 bits per heavy atom. The Morgan fingerprint density at radius 3 is 2.93 bits per heavy atom. The first kappa shape index (κ1) is 10.9. The normalized spacial score (nSPS) is 10.2. The number of nitrogens with zero attached hydrogens (tertiary/aromatic N) is 3. The molecule has 1 aromatic heterocycles. The molecule has 0 amide bonds. The maximum absolute atomic E-state index is 4.07. The van der Waals surface area contributed by atoms with Crippen LogP contribution in [0.5, 0.6) is 0 Å². The molecule has 1 rings (SSSR count). The standard InChI is InChI=1S/C10H18N4/c1-4-11-5-6-14(3)10-7-9(2)8-12-13-10/h7-8,11H,4-6H2,1-3H3. The highest BCUT2D eigenvalue weighted by Crippen LogP contribution is 2.07. The molecule has 0 radical (unpaired) electrons. The van der Waals surface area contributed by atoms with Crippen molar-refractivity contribution in [1.29, 1.82) is 0 Å². The Kier molecular flexibility index (Phi) is 4.32. The van der Waals surface area contributed by atoms with E-state index in [2.05, 4.69) is 27.3 Å². The highest BCUT2D eigenvalue weighted by atomic mass is 15.2. The molecule has 0 aliphatic carbocycles. The SMILES string of the molecule is CCNCCN(C)c1cc(C)cnn1. The van der Waals surface area contributed by atoms with Crippen LogP contribution in [0, 0.1) is 6.92 Å². The van der Waals surface area contributed by atoms with Gasteiger partial charge in [-0.25, -0.2) is 0 Å². The molecule has 0 unspecified atom stereocenters. The third kappa shape index (κ3) is 3.30. The first-order valence-electron chi connectivity index (χ1n) is 4.95. The molecule has 0 aliphatic rings. The zero-order valence-electron chi connectivity index (χ0n) is 9.12.